The molecule has 0 fully saturated rings. The molecule has 0 spiro atoms. The van der Waals surface area contributed by atoms with E-state index in [1.165, 1.54) is 41.5 Å². The molecule has 0 saturated heterocycles. The van der Waals surface area contributed by atoms with Crippen molar-refractivity contribution in [2.75, 3.05) is 13.2 Å². The Balaban J connectivity index is 7.97. The highest BCUT2D eigenvalue weighted by atomic mass is 19.4. The molecule has 0 aliphatic carbocycles. The molecule has 4 unspecified atom stereocenters. The van der Waals surface area contributed by atoms with Crippen molar-refractivity contribution in [3.05, 3.63) is 0 Å². The summed E-state index contributed by atoms with van der Waals surface area (Å²) < 4.78 is 485. The number of halogens is 34. The Morgan fingerprint density at radius 1 is 0.260 bits per heavy atom. The van der Waals surface area contributed by atoms with Gasteiger partial charge in [-0.3, -0.25) is 0 Å². The molecule has 0 rings (SSSR count). The maximum atomic E-state index is 15.7. The zero-order valence-electron chi connectivity index (χ0n) is 38.2. The van der Waals surface area contributed by atoms with E-state index in [1.54, 1.807) is 0 Å². The Hall–Kier alpha value is -2.42. The van der Waals surface area contributed by atoms with E-state index in [1.807, 2.05) is 0 Å². The van der Waals surface area contributed by atoms with Crippen molar-refractivity contribution in [3.63, 3.8) is 0 Å². The molecule has 440 valence electrons. The van der Waals surface area contributed by atoms with Crippen LogP contribution < -0.4 is 0 Å². The van der Waals surface area contributed by atoms with Crippen LogP contribution >= 0.6 is 0 Å². The van der Waals surface area contributed by atoms with Gasteiger partial charge in [0.1, 0.15) is 0 Å². The van der Waals surface area contributed by atoms with Crippen LogP contribution in [-0.2, 0) is 4.74 Å². The first-order valence-corrected chi connectivity index (χ1v) is 20.2. The van der Waals surface area contributed by atoms with Crippen LogP contribution in [0.1, 0.15) is 93.9 Å². The molecule has 1 nitrogen and oxygen atoms in total. The van der Waals surface area contributed by atoms with E-state index in [9.17, 15) is 114 Å². The lowest BCUT2D eigenvalue weighted by atomic mass is 9.79. The average Bonchev–Trinajstić information content (AvgIpc) is 3.13. The van der Waals surface area contributed by atoms with Crippen molar-refractivity contribution in [1.29, 1.82) is 0 Å². The summed E-state index contributed by atoms with van der Waals surface area (Å²) >= 11 is 0. The Kier molecular flexibility index (Phi) is 19.7. The molecular weight excluding hydrogens is 1120 g/mol. The minimum Gasteiger partial charge on any atom is -0.380 e. The molecule has 0 N–H and O–H groups in total. The molecule has 4 atom stereocenters. The normalized spacial score (nSPS) is 18.0. The molecular formula is C38H44F34O. The smallest absolute Gasteiger partial charge is 0.380 e. The fourth-order valence-corrected chi connectivity index (χ4v) is 7.22. The van der Waals surface area contributed by atoms with Crippen LogP contribution in [0.25, 0.3) is 0 Å². The first kappa shape index (κ1) is 70.6. The van der Waals surface area contributed by atoms with Crippen LogP contribution in [0.5, 0.6) is 0 Å². The first-order chi connectivity index (χ1) is 31.2. The Labute approximate surface area is 391 Å². The van der Waals surface area contributed by atoms with Gasteiger partial charge in [0.15, 0.2) is 0 Å². The van der Waals surface area contributed by atoms with Crippen molar-refractivity contribution < 1.29 is 154 Å². The molecule has 0 aliphatic rings. The Morgan fingerprint density at radius 2 is 0.438 bits per heavy atom. The second-order valence-electron chi connectivity index (χ2n) is 20.0. The second kappa shape index (κ2) is 20.4. The van der Waals surface area contributed by atoms with Gasteiger partial charge in [-0.05, 0) is 48.3 Å². The van der Waals surface area contributed by atoms with E-state index >= 15 is 35.1 Å². The first-order valence-electron chi connectivity index (χ1n) is 20.2. The van der Waals surface area contributed by atoms with Gasteiger partial charge >= 0.3 is 95.3 Å². The maximum absolute atomic E-state index is 15.7. The molecule has 0 heterocycles. The average molecular weight is 1160 g/mol. The van der Waals surface area contributed by atoms with E-state index < -0.39 is 169 Å². The van der Waals surface area contributed by atoms with E-state index in [0.717, 1.165) is 13.8 Å². The highest BCUT2D eigenvalue weighted by Gasteiger charge is 2.97. The van der Waals surface area contributed by atoms with Crippen molar-refractivity contribution in [1.82, 2.24) is 0 Å². The summed E-state index contributed by atoms with van der Waals surface area (Å²) in [4.78, 5) is 0. The molecule has 73 heavy (non-hydrogen) atoms. The summed E-state index contributed by atoms with van der Waals surface area (Å²) in [5.74, 6) is -133. The molecule has 0 radical (unpaired) electrons. The molecule has 0 bridgehead atoms. The summed E-state index contributed by atoms with van der Waals surface area (Å²) in [7, 11) is 0. The van der Waals surface area contributed by atoms with Gasteiger partial charge in [-0.15, -0.1) is 0 Å². The van der Waals surface area contributed by atoms with Crippen LogP contribution in [0.2, 0.25) is 0 Å². The largest absolute Gasteiger partial charge is 0.460 e. The third-order valence-electron chi connectivity index (χ3n) is 11.1. The molecule has 0 amide bonds. The fourth-order valence-electron chi connectivity index (χ4n) is 7.22. The van der Waals surface area contributed by atoms with Crippen molar-refractivity contribution in [2.45, 2.75) is 189 Å². The lowest BCUT2D eigenvalue weighted by Crippen LogP contribution is -2.75. The maximum Gasteiger partial charge on any atom is 0.460 e. The fraction of sp³-hybridized carbons (Fsp3) is 1.00. The van der Waals surface area contributed by atoms with Crippen LogP contribution in [0.3, 0.4) is 0 Å². The van der Waals surface area contributed by atoms with Gasteiger partial charge in [-0.1, -0.05) is 68.2 Å². The van der Waals surface area contributed by atoms with Gasteiger partial charge in [0, 0.05) is 0 Å². The second-order valence-corrected chi connectivity index (χ2v) is 20.0. The summed E-state index contributed by atoms with van der Waals surface area (Å²) in [6, 6.07) is 0. The zero-order valence-corrected chi connectivity index (χ0v) is 38.2. The number of hydrogen-bond donors (Lipinski definition) is 0. The van der Waals surface area contributed by atoms with Gasteiger partial charge in [-0.2, -0.15) is 149 Å². The van der Waals surface area contributed by atoms with Gasteiger partial charge in [0.25, 0.3) is 0 Å². The number of hydrogen-bond acceptors (Lipinski definition) is 1. The zero-order chi connectivity index (χ0) is 59.7. The Morgan fingerprint density at radius 3 is 0.616 bits per heavy atom. The quantitative estimate of drug-likeness (QED) is 0.0785. The predicted octanol–water partition coefficient (Wildman–Crippen LogP) is 18.0. The standard InChI is InChI=1S/C38H44F34O/c1-17(13-21(3,4)5)9-11-19(23(39,40)25(43,44)27(47,48)29(51,52)31(55,56)33(59,60)35(63,64)37(67,68)69)15-73-16-20(12-10-18(2)14-22(6,7)8)24(41,42)26(45,46)28(49,50)30(53,54)32(57,58)34(61,62)36(65,66)38(70,71)72/h17-20H,9-16H2,1-8H3. The van der Waals surface area contributed by atoms with Crippen molar-refractivity contribution in [2.24, 2.45) is 34.5 Å². The third kappa shape index (κ3) is 12.2. The summed E-state index contributed by atoms with van der Waals surface area (Å²) in [6.45, 7) is 4.05. The number of ether oxygens (including phenoxy) is 1. The lowest BCUT2D eigenvalue weighted by Gasteiger charge is -2.44. The van der Waals surface area contributed by atoms with Gasteiger partial charge < -0.3 is 4.74 Å². The minimum atomic E-state index is -9.16. The van der Waals surface area contributed by atoms with E-state index in [-0.39, 0.29) is 12.8 Å². The van der Waals surface area contributed by atoms with Crippen molar-refractivity contribution >= 4 is 0 Å². The minimum absolute atomic E-state index is 0.306. The summed E-state index contributed by atoms with van der Waals surface area (Å²) in [5, 5.41) is 0. The topological polar surface area (TPSA) is 9.23 Å². The molecule has 0 aromatic heterocycles. The van der Waals surface area contributed by atoms with Crippen LogP contribution in [0, 0.1) is 34.5 Å². The van der Waals surface area contributed by atoms with E-state index in [0.29, 0.717) is 0 Å². The molecule has 35 heteroatoms. The van der Waals surface area contributed by atoms with Gasteiger partial charge in [0.05, 0.1) is 25.0 Å². The van der Waals surface area contributed by atoms with Crippen LogP contribution in [0.15, 0.2) is 0 Å². The predicted molar refractivity (Wildman–Crippen MR) is 184 cm³/mol. The van der Waals surface area contributed by atoms with Crippen molar-refractivity contribution in [3.8, 4) is 0 Å². The molecule has 0 aliphatic heterocycles. The highest BCUT2D eigenvalue weighted by Crippen LogP contribution is 2.67. The Bertz CT molecular complexity index is 1670. The molecule has 0 aromatic carbocycles. The van der Waals surface area contributed by atoms with Gasteiger partial charge in [0.2, 0.25) is 0 Å². The van der Waals surface area contributed by atoms with Crippen LogP contribution in [-0.4, -0.2) is 108 Å². The van der Waals surface area contributed by atoms with Gasteiger partial charge in [-0.25, -0.2) is 0 Å². The monoisotopic (exact) mass is 1160 g/mol. The number of alkyl halides is 34. The molecule has 0 aromatic rings. The number of rotatable bonds is 26. The van der Waals surface area contributed by atoms with E-state index in [2.05, 4.69) is 4.74 Å². The third-order valence-corrected chi connectivity index (χ3v) is 11.1. The summed E-state index contributed by atoms with van der Waals surface area (Å²) in [5.41, 5.74) is -1.96. The SMILES string of the molecule is CC(CCC(COCC(CCC(C)CC(C)(C)C)C(F)(F)C(F)(F)C(F)(F)C(F)(F)C(F)(F)C(F)(F)C(F)(F)C(F)(F)F)C(F)(F)C(F)(F)C(F)(F)C(F)(F)C(F)(F)C(F)(F)C(F)(F)C(F)(F)F)CC(C)(C)C. The van der Waals surface area contributed by atoms with Crippen LogP contribution in [0.4, 0.5) is 149 Å². The lowest BCUT2D eigenvalue weighted by molar-refractivity contribution is -0.464. The summed E-state index contributed by atoms with van der Waals surface area (Å²) in [6.07, 6.45) is -23.4. The highest BCUT2D eigenvalue weighted by molar-refractivity contribution is 5.17. The molecule has 0 saturated carbocycles. The van der Waals surface area contributed by atoms with E-state index in [4.69, 9.17) is 0 Å².